The molecule has 1 atom stereocenters. The van der Waals surface area contributed by atoms with E-state index in [4.69, 9.17) is 0 Å². The van der Waals surface area contributed by atoms with Crippen molar-refractivity contribution in [3.63, 3.8) is 0 Å². The van der Waals surface area contributed by atoms with Crippen molar-refractivity contribution in [1.82, 2.24) is 19.6 Å². The van der Waals surface area contributed by atoms with E-state index in [2.05, 4.69) is 10.2 Å². The molecule has 116 valence electrons. The number of rotatable bonds is 3. The highest BCUT2D eigenvalue weighted by molar-refractivity contribution is 5.12. The summed E-state index contributed by atoms with van der Waals surface area (Å²) in [7, 11) is 0. The molecule has 0 aliphatic heterocycles. The minimum Gasteiger partial charge on any atom is -0.388 e. The second-order valence-electron chi connectivity index (χ2n) is 6.97. The molecule has 0 spiro atoms. The third-order valence-electron chi connectivity index (χ3n) is 3.76. The zero-order valence-corrected chi connectivity index (χ0v) is 14.0. The molecule has 1 unspecified atom stereocenters. The van der Waals surface area contributed by atoms with E-state index < -0.39 is 6.10 Å². The van der Waals surface area contributed by atoms with E-state index in [1.165, 1.54) is 0 Å². The van der Waals surface area contributed by atoms with E-state index >= 15 is 0 Å². The monoisotopic (exact) mass is 290 g/mol. The molecule has 2 rings (SSSR count). The van der Waals surface area contributed by atoms with Gasteiger partial charge < -0.3 is 5.11 Å². The molecule has 0 aliphatic rings. The Kier molecular flexibility index (Phi) is 3.97. The van der Waals surface area contributed by atoms with Crippen LogP contribution in [0.25, 0.3) is 0 Å². The van der Waals surface area contributed by atoms with Crippen LogP contribution in [-0.2, 0) is 0 Å². The Morgan fingerprint density at radius 1 is 0.905 bits per heavy atom. The Morgan fingerprint density at radius 2 is 1.29 bits per heavy atom. The molecular formula is C16H26N4O. The molecule has 2 aromatic rings. The fourth-order valence-corrected chi connectivity index (χ4v) is 2.65. The van der Waals surface area contributed by atoms with Crippen LogP contribution < -0.4 is 0 Å². The third kappa shape index (κ3) is 3.02. The molecule has 0 radical (unpaired) electrons. The molecule has 0 fully saturated rings. The van der Waals surface area contributed by atoms with E-state index in [9.17, 15) is 5.11 Å². The molecule has 1 N–H and O–H groups in total. The quantitative estimate of drug-likeness (QED) is 0.945. The number of aryl methyl sites for hydroxylation is 4. The van der Waals surface area contributed by atoms with Crippen molar-refractivity contribution in [2.24, 2.45) is 5.41 Å². The van der Waals surface area contributed by atoms with E-state index in [1.54, 1.807) is 0 Å². The van der Waals surface area contributed by atoms with Crippen molar-refractivity contribution in [3.8, 4) is 0 Å². The molecule has 0 amide bonds. The van der Waals surface area contributed by atoms with Gasteiger partial charge in [-0.05, 0) is 45.2 Å². The van der Waals surface area contributed by atoms with Crippen LogP contribution >= 0.6 is 0 Å². The van der Waals surface area contributed by atoms with Gasteiger partial charge in [0.2, 0.25) is 0 Å². The maximum Gasteiger partial charge on any atom is 0.170 e. The highest BCUT2D eigenvalue weighted by atomic mass is 16.3. The van der Waals surface area contributed by atoms with E-state index in [0.29, 0.717) is 0 Å². The van der Waals surface area contributed by atoms with Gasteiger partial charge in [-0.2, -0.15) is 10.2 Å². The Labute approximate surface area is 126 Å². The maximum absolute atomic E-state index is 10.9. The fraction of sp³-hybridized carbons (Fsp3) is 0.625. The van der Waals surface area contributed by atoms with Gasteiger partial charge in [0, 0.05) is 11.4 Å². The second kappa shape index (κ2) is 5.30. The van der Waals surface area contributed by atoms with Crippen molar-refractivity contribution in [2.75, 3.05) is 0 Å². The van der Waals surface area contributed by atoms with Gasteiger partial charge in [0.25, 0.3) is 0 Å². The van der Waals surface area contributed by atoms with Gasteiger partial charge in [-0.25, -0.2) is 9.36 Å². The molecule has 0 saturated heterocycles. The smallest absolute Gasteiger partial charge is 0.170 e. The predicted octanol–water partition coefficient (Wildman–Crippen LogP) is 2.77. The summed E-state index contributed by atoms with van der Waals surface area (Å²) >= 11 is 0. The lowest BCUT2D eigenvalue weighted by molar-refractivity contribution is -0.00447. The molecule has 0 bridgehead atoms. The largest absolute Gasteiger partial charge is 0.388 e. The lowest BCUT2D eigenvalue weighted by Crippen LogP contribution is -2.41. The van der Waals surface area contributed by atoms with Crippen LogP contribution in [0.3, 0.4) is 0 Å². The fourth-order valence-electron chi connectivity index (χ4n) is 2.65. The van der Waals surface area contributed by atoms with Gasteiger partial charge in [-0.3, -0.25) is 0 Å². The summed E-state index contributed by atoms with van der Waals surface area (Å²) < 4.78 is 3.76. The molecule has 21 heavy (non-hydrogen) atoms. The Hall–Kier alpha value is -1.62. The Morgan fingerprint density at radius 3 is 1.52 bits per heavy atom. The van der Waals surface area contributed by atoms with E-state index in [1.807, 2.05) is 70.0 Å². The summed E-state index contributed by atoms with van der Waals surface area (Å²) in [6.45, 7) is 14.0. The van der Waals surface area contributed by atoms with Crippen LogP contribution in [0.5, 0.6) is 0 Å². The summed E-state index contributed by atoms with van der Waals surface area (Å²) in [5.74, 6) is 0. The van der Waals surface area contributed by atoms with Crippen LogP contribution in [0.15, 0.2) is 12.1 Å². The number of hydrogen-bond donors (Lipinski definition) is 1. The molecule has 0 saturated carbocycles. The molecular weight excluding hydrogens is 264 g/mol. The van der Waals surface area contributed by atoms with Crippen molar-refractivity contribution in [1.29, 1.82) is 0 Å². The van der Waals surface area contributed by atoms with Gasteiger partial charge in [0.05, 0.1) is 11.4 Å². The molecule has 2 aromatic heterocycles. The number of aromatic nitrogens is 4. The topological polar surface area (TPSA) is 55.9 Å². The first-order chi connectivity index (χ1) is 9.61. The van der Waals surface area contributed by atoms with Crippen molar-refractivity contribution in [2.45, 2.75) is 60.7 Å². The zero-order valence-electron chi connectivity index (χ0n) is 14.0. The molecule has 5 heteroatoms. The first kappa shape index (κ1) is 15.8. The average molecular weight is 290 g/mol. The lowest BCUT2D eigenvalue weighted by atomic mass is 9.87. The summed E-state index contributed by atoms with van der Waals surface area (Å²) in [4.78, 5) is 0. The van der Waals surface area contributed by atoms with Gasteiger partial charge in [0.1, 0.15) is 6.10 Å². The maximum atomic E-state index is 10.9. The van der Waals surface area contributed by atoms with Crippen LogP contribution in [0.4, 0.5) is 0 Å². The Bertz CT molecular complexity index is 587. The van der Waals surface area contributed by atoms with Crippen LogP contribution in [0, 0.1) is 33.1 Å². The summed E-state index contributed by atoms with van der Waals surface area (Å²) in [5.41, 5.74) is 3.66. The average Bonchev–Trinajstić information content (AvgIpc) is 2.82. The zero-order chi connectivity index (χ0) is 15.9. The number of hydrogen-bond acceptors (Lipinski definition) is 3. The van der Waals surface area contributed by atoms with Crippen molar-refractivity contribution < 1.29 is 5.11 Å². The number of aliphatic hydroxyl groups is 1. The SMILES string of the molecule is Cc1cc(C)n(C(C(O)C(C)(C)C)n2nc(C)cc2C)n1. The van der Waals surface area contributed by atoms with Crippen LogP contribution in [0.2, 0.25) is 0 Å². The third-order valence-corrected chi connectivity index (χ3v) is 3.76. The van der Waals surface area contributed by atoms with Gasteiger partial charge in [0.15, 0.2) is 6.17 Å². The van der Waals surface area contributed by atoms with Crippen molar-refractivity contribution >= 4 is 0 Å². The Balaban J connectivity index is 2.60. The lowest BCUT2D eigenvalue weighted by Gasteiger charge is -2.34. The minimum atomic E-state index is -0.603. The van der Waals surface area contributed by atoms with Gasteiger partial charge in [-0.15, -0.1) is 0 Å². The van der Waals surface area contributed by atoms with Crippen LogP contribution in [0.1, 0.15) is 49.7 Å². The highest BCUT2D eigenvalue weighted by Gasteiger charge is 2.35. The second-order valence-corrected chi connectivity index (χ2v) is 6.97. The van der Waals surface area contributed by atoms with Crippen LogP contribution in [-0.4, -0.2) is 30.8 Å². The minimum absolute atomic E-state index is 0.275. The summed E-state index contributed by atoms with van der Waals surface area (Å²) in [6, 6.07) is 4.04. The first-order valence-electron chi connectivity index (χ1n) is 7.35. The van der Waals surface area contributed by atoms with Gasteiger partial charge in [-0.1, -0.05) is 20.8 Å². The normalized spacial score (nSPS) is 14.0. The number of aliphatic hydroxyl groups excluding tert-OH is 1. The summed E-state index contributed by atoms with van der Waals surface area (Å²) in [5, 5.41) is 20.0. The first-order valence-corrected chi connectivity index (χ1v) is 7.35. The number of nitrogens with zero attached hydrogens (tertiary/aromatic N) is 4. The van der Waals surface area contributed by atoms with Crippen molar-refractivity contribution in [3.05, 3.63) is 34.9 Å². The predicted molar refractivity (Wildman–Crippen MR) is 83.3 cm³/mol. The molecule has 5 nitrogen and oxygen atoms in total. The van der Waals surface area contributed by atoms with E-state index in [-0.39, 0.29) is 11.6 Å². The summed E-state index contributed by atoms with van der Waals surface area (Å²) in [6.07, 6.45) is -0.944. The van der Waals surface area contributed by atoms with Gasteiger partial charge >= 0.3 is 0 Å². The molecule has 2 heterocycles. The van der Waals surface area contributed by atoms with E-state index in [0.717, 1.165) is 22.8 Å². The standard InChI is InChI=1S/C16H26N4O/c1-10-8-12(3)19(17-10)15(14(21)16(5,6)7)20-13(4)9-11(2)18-20/h8-9,14-15,21H,1-7H3. The molecule has 0 aliphatic carbocycles. The highest BCUT2D eigenvalue weighted by Crippen LogP contribution is 2.31. The molecule has 0 aromatic carbocycles.